The van der Waals surface area contributed by atoms with Gasteiger partial charge in [0.2, 0.25) is 5.78 Å². The Morgan fingerprint density at radius 3 is 2.56 bits per heavy atom. The number of ketones is 1. The third kappa shape index (κ3) is 3.52. The van der Waals surface area contributed by atoms with Crippen molar-refractivity contribution in [2.75, 3.05) is 6.61 Å². The van der Waals surface area contributed by atoms with Crippen molar-refractivity contribution in [2.24, 2.45) is 0 Å². The van der Waals surface area contributed by atoms with Gasteiger partial charge in [0.25, 0.3) is 0 Å². The van der Waals surface area contributed by atoms with E-state index in [9.17, 15) is 9.59 Å². The Labute approximate surface area is 144 Å². The van der Waals surface area contributed by atoms with Gasteiger partial charge in [0.15, 0.2) is 11.8 Å². The molecular weight excluding hydrogens is 320 g/mol. The third-order valence-electron chi connectivity index (χ3n) is 3.77. The lowest BCUT2D eigenvalue weighted by Gasteiger charge is -2.12. The van der Waals surface area contributed by atoms with Gasteiger partial charge >= 0.3 is 5.97 Å². The van der Waals surface area contributed by atoms with E-state index in [-0.39, 0.29) is 11.5 Å². The second kappa shape index (κ2) is 7.17. The van der Waals surface area contributed by atoms with E-state index < -0.39 is 12.1 Å². The van der Waals surface area contributed by atoms with Gasteiger partial charge in [-0.2, -0.15) is 5.10 Å². The molecule has 0 saturated heterocycles. The minimum atomic E-state index is -0.916. The molecule has 128 valence electrons. The van der Waals surface area contributed by atoms with Crippen molar-refractivity contribution in [2.45, 2.75) is 20.0 Å². The van der Waals surface area contributed by atoms with Gasteiger partial charge in [0.1, 0.15) is 5.75 Å². The molecule has 1 N–H and O–H groups in total. The average molecular weight is 338 g/mol. The number of hydrogen-bond donors (Lipinski definition) is 1. The van der Waals surface area contributed by atoms with E-state index in [1.54, 1.807) is 37.3 Å². The number of benzene rings is 2. The molecule has 2 aromatic carbocycles. The molecule has 25 heavy (non-hydrogen) atoms. The number of ether oxygens (including phenoxy) is 2. The molecule has 0 saturated carbocycles. The van der Waals surface area contributed by atoms with Crippen LogP contribution in [-0.2, 0) is 4.74 Å². The van der Waals surface area contributed by atoms with Crippen LogP contribution in [0.5, 0.6) is 5.75 Å². The number of nitrogens with zero attached hydrogens (tertiary/aromatic N) is 1. The number of hydrogen-bond acceptors (Lipinski definition) is 5. The Hall–Kier alpha value is -3.15. The van der Waals surface area contributed by atoms with E-state index in [0.29, 0.717) is 23.3 Å². The molecule has 0 bridgehead atoms. The first-order valence-electron chi connectivity index (χ1n) is 8.01. The van der Waals surface area contributed by atoms with Crippen molar-refractivity contribution in [3.8, 4) is 5.75 Å². The van der Waals surface area contributed by atoms with Crippen molar-refractivity contribution in [3.63, 3.8) is 0 Å². The molecule has 6 nitrogen and oxygen atoms in total. The van der Waals surface area contributed by atoms with Crippen molar-refractivity contribution < 1.29 is 19.1 Å². The van der Waals surface area contributed by atoms with Gasteiger partial charge in [-0.1, -0.05) is 18.2 Å². The number of H-pyrrole nitrogens is 1. The first kappa shape index (κ1) is 16.7. The predicted molar refractivity (Wildman–Crippen MR) is 92.9 cm³/mol. The second-order valence-electron chi connectivity index (χ2n) is 5.49. The van der Waals surface area contributed by atoms with Crippen LogP contribution in [0.4, 0.5) is 0 Å². The zero-order valence-electron chi connectivity index (χ0n) is 14.0. The van der Waals surface area contributed by atoms with Crippen LogP contribution in [-0.4, -0.2) is 34.7 Å². The standard InChI is InChI=1S/C19H18N2O4/c1-3-24-14-10-8-13(9-11-14)18(22)12(2)25-19(23)17-15-6-4-5-7-16(15)20-21-17/h4-12H,3H2,1-2H3,(H,20,21)/t12-/m1/s1. The molecule has 0 aliphatic heterocycles. The van der Waals surface area contributed by atoms with Crippen LogP contribution >= 0.6 is 0 Å². The molecule has 0 spiro atoms. The van der Waals surface area contributed by atoms with Gasteiger partial charge in [-0.15, -0.1) is 0 Å². The number of para-hydroxylation sites is 1. The summed E-state index contributed by atoms with van der Waals surface area (Å²) in [4.78, 5) is 24.8. The second-order valence-corrected chi connectivity index (χ2v) is 5.49. The number of carbonyl (C=O) groups is 2. The van der Waals surface area contributed by atoms with Crippen molar-refractivity contribution in [1.29, 1.82) is 0 Å². The summed E-state index contributed by atoms with van der Waals surface area (Å²) in [5.41, 5.74) is 1.36. The number of aromatic amines is 1. The van der Waals surface area contributed by atoms with E-state index in [0.717, 1.165) is 5.52 Å². The lowest BCUT2D eigenvalue weighted by molar-refractivity contribution is 0.0315. The highest BCUT2D eigenvalue weighted by Crippen LogP contribution is 2.18. The lowest BCUT2D eigenvalue weighted by atomic mass is 10.1. The number of esters is 1. The van der Waals surface area contributed by atoms with Gasteiger partial charge in [-0.25, -0.2) is 4.79 Å². The average Bonchev–Trinajstić information content (AvgIpc) is 3.06. The SMILES string of the molecule is CCOc1ccc(C(=O)[C@@H](C)OC(=O)c2n[nH]c3ccccc23)cc1. The van der Waals surface area contributed by atoms with E-state index in [1.165, 1.54) is 0 Å². The Bertz CT molecular complexity index is 899. The van der Waals surface area contributed by atoms with E-state index in [2.05, 4.69) is 10.2 Å². The fourth-order valence-electron chi connectivity index (χ4n) is 2.51. The third-order valence-corrected chi connectivity index (χ3v) is 3.77. The monoisotopic (exact) mass is 338 g/mol. The molecule has 3 aromatic rings. The highest BCUT2D eigenvalue weighted by atomic mass is 16.5. The molecule has 0 aliphatic carbocycles. The molecular formula is C19H18N2O4. The van der Waals surface area contributed by atoms with Gasteiger partial charge in [0.05, 0.1) is 12.1 Å². The van der Waals surface area contributed by atoms with E-state index in [4.69, 9.17) is 9.47 Å². The summed E-state index contributed by atoms with van der Waals surface area (Å²) in [7, 11) is 0. The number of fused-ring (bicyclic) bond motifs is 1. The predicted octanol–water partition coefficient (Wildman–Crippen LogP) is 3.39. The van der Waals surface area contributed by atoms with Gasteiger partial charge in [-0.05, 0) is 44.2 Å². The van der Waals surface area contributed by atoms with E-state index >= 15 is 0 Å². The minimum absolute atomic E-state index is 0.168. The van der Waals surface area contributed by atoms with Crippen LogP contribution in [0.25, 0.3) is 10.9 Å². The molecule has 0 fully saturated rings. The highest BCUT2D eigenvalue weighted by molar-refractivity contribution is 6.04. The fraction of sp³-hybridized carbons (Fsp3) is 0.211. The van der Waals surface area contributed by atoms with Crippen LogP contribution in [0.2, 0.25) is 0 Å². The van der Waals surface area contributed by atoms with Gasteiger partial charge < -0.3 is 9.47 Å². The summed E-state index contributed by atoms with van der Waals surface area (Å²) >= 11 is 0. The number of aromatic nitrogens is 2. The summed E-state index contributed by atoms with van der Waals surface area (Å²) in [6.45, 7) is 3.99. The Kier molecular flexibility index (Phi) is 4.79. The van der Waals surface area contributed by atoms with Gasteiger partial charge in [-0.3, -0.25) is 9.89 Å². The molecule has 0 aliphatic rings. The van der Waals surface area contributed by atoms with Crippen molar-refractivity contribution in [1.82, 2.24) is 10.2 Å². The maximum Gasteiger partial charge on any atom is 0.360 e. The smallest absolute Gasteiger partial charge is 0.360 e. The Balaban J connectivity index is 1.71. The van der Waals surface area contributed by atoms with E-state index in [1.807, 2.05) is 25.1 Å². The number of rotatable bonds is 6. The highest BCUT2D eigenvalue weighted by Gasteiger charge is 2.23. The summed E-state index contributed by atoms with van der Waals surface area (Å²) in [6.07, 6.45) is -0.916. The first-order valence-corrected chi connectivity index (χ1v) is 8.01. The fourth-order valence-corrected chi connectivity index (χ4v) is 2.51. The largest absolute Gasteiger partial charge is 0.494 e. The number of Topliss-reactive ketones (excluding diaryl/α,β-unsaturated/α-hetero) is 1. The minimum Gasteiger partial charge on any atom is -0.494 e. The maximum atomic E-state index is 12.4. The molecule has 1 atom stereocenters. The normalized spacial score (nSPS) is 11.9. The molecule has 6 heteroatoms. The summed E-state index contributed by atoms with van der Waals surface area (Å²) in [6, 6.07) is 14.0. The zero-order chi connectivity index (χ0) is 17.8. The maximum absolute atomic E-state index is 12.4. The van der Waals surface area contributed by atoms with Crippen LogP contribution in [0.15, 0.2) is 48.5 Å². The topological polar surface area (TPSA) is 81.3 Å². The molecule has 0 amide bonds. The summed E-state index contributed by atoms with van der Waals surface area (Å²) in [5.74, 6) is -0.229. The van der Waals surface area contributed by atoms with Crippen molar-refractivity contribution in [3.05, 3.63) is 59.8 Å². The van der Waals surface area contributed by atoms with Crippen LogP contribution in [0.3, 0.4) is 0 Å². The molecule has 0 radical (unpaired) electrons. The first-order chi connectivity index (χ1) is 12.1. The molecule has 1 heterocycles. The van der Waals surface area contributed by atoms with Crippen molar-refractivity contribution >= 4 is 22.7 Å². The molecule has 1 aromatic heterocycles. The van der Waals surface area contributed by atoms with Crippen LogP contribution in [0.1, 0.15) is 34.7 Å². The molecule has 0 unspecified atom stereocenters. The molecule has 3 rings (SSSR count). The summed E-state index contributed by atoms with van der Waals surface area (Å²) < 4.78 is 10.6. The van der Waals surface area contributed by atoms with Gasteiger partial charge in [0, 0.05) is 10.9 Å². The number of nitrogens with one attached hydrogen (secondary N) is 1. The van der Waals surface area contributed by atoms with Crippen LogP contribution < -0.4 is 4.74 Å². The Morgan fingerprint density at radius 2 is 1.84 bits per heavy atom. The number of carbonyl (C=O) groups excluding carboxylic acids is 2. The van der Waals surface area contributed by atoms with Crippen LogP contribution in [0, 0.1) is 0 Å². The Morgan fingerprint density at radius 1 is 1.12 bits per heavy atom. The zero-order valence-corrected chi connectivity index (χ0v) is 14.0. The lowest BCUT2D eigenvalue weighted by Crippen LogP contribution is -2.24. The quantitative estimate of drug-likeness (QED) is 0.550. The summed E-state index contributed by atoms with van der Waals surface area (Å²) in [5, 5.41) is 7.42.